The molecule has 150 valence electrons. The van der Waals surface area contributed by atoms with Gasteiger partial charge in [0.25, 0.3) is 0 Å². The van der Waals surface area contributed by atoms with E-state index in [-0.39, 0.29) is 0 Å². The molecule has 27 heavy (non-hydrogen) atoms. The van der Waals surface area contributed by atoms with Crippen LogP contribution < -0.4 is 15.8 Å². The Morgan fingerprint density at radius 3 is 2.85 bits per heavy atom. The second kappa shape index (κ2) is 10.5. The van der Waals surface area contributed by atoms with Gasteiger partial charge in [0, 0.05) is 32.3 Å². The fourth-order valence-corrected chi connectivity index (χ4v) is 3.53. The molecule has 1 saturated carbocycles. The largest absolute Gasteiger partial charge is 0.492 e. The van der Waals surface area contributed by atoms with Crippen molar-refractivity contribution in [2.24, 2.45) is 16.6 Å². The number of likely N-dealkylation sites (N-methyl/N-ethyl adjacent to an activating group) is 1. The molecule has 0 aromatic heterocycles. The number of nitrogens with zero attached hydrogens (tertiary/aromatic N) is 2. The normalized spacial score (nSPS) is 19.1. The first kappa shape index (κ1) is 20.0. The second-order valence-corrected chi connectivity index (χ2v) is 7.70. The molecule has 1 saturated heterocycles. The zero-order valence-corrected chi connectivity index (χ0v) is 16.5. The number of aliphatic imine (C=N–C) groups is 1. The average Bonchev–Trinajstić information content (AvgIpc) is 2.66. The summed E-state index contributed by atoms with van der Waals surface area (Å²) in [6.07, 6.45) is 6.19. The summed E-state index contributed by atoms with van der Waals surface area (Å²) in [5, 5.41) is 3.23. The van der Waals surface area contributed by atoms with Crippen molar-refractivity contribution in [1.29, 1.82) is 0 Å². The van der Waals surface area contributed by atoms with Crippen molar-refractivity contribution in [3.63, 3.8) is 0 Å². The van der Waals surface area contributed by atoms with Crippen molar-refractivity contribution in [1.82, 2.24) is 10.2 Å². The van der Waals surface area contributed by atoms with E-state index in [1.807, 2.05) is 12.1 Å². The average molecular weight is 375 g/mol. The highest BCUT2D eigenvalue weighted by atomic mass is 16.5. The van der Waals surface area contributed by atoms with Crippen molar-refractivity contribution >= 4 is 5.96 Å². The molecule has 0 radical (unpaired) electrons. The minimum atomic E-state index is 0.534. The van der Waals surface area contributed by atoms with Crippen LogP contribution in [0.2, 0.25) is 0 Å². The van der Waals surface area contributed by atoms with Crippen molar-refractivity contribution in [2.75, 3.05) is 40.0 Å². The third-order valence-corrected chi connectivity index (χ3v) is 5.65. The first-order valence-electron chi connectivity index (χ1n) is 10.2. The Kier molecular flexibility index (Phi) is 7.78. The molecule has 1 aromatic rings. The van der Waals surface area contributed by atoms with Gasteiger partial charge in [0.05, 0.1) is 6.54 Å². The molecule has 0 unspecified atom stereocenters. The summed E-state index contributed by atoms with van der Waals surface area (Å²) in [5.41, 5.74) is 7.07. The van der Waals surface area contributed by atoms with E-state index in [2.05, 4.69) is 34.4 Å². The number of nitrogens with two attached hydrogens (primary N) is 1. The van der Waals surface area contributed by atoms with Crippen LogP contribution in [0.3, 0.4) is 0 Å². The maximum atomic E-state index is 5.96. The lowest BCUT2D eigenvalue weighted by molar-refractivity contribution is 0.0392. The van der Waals surface area contributed by atoms with Crippen molar-refractivity contribution in [3.8, 4) is 5.75 Å². The smallest absolute Gasteiger partial charge is 0.188 e. The number of ether oxygens (including phenoxy) is 2. The number of rotatable bonds is 9. The van der Waals surface area contributed by atoms with Crippen LogP contribution in [0.5, 0.6) is 5.75 Å². The van der Waals surface area contributed by atoms with Gasteiger partial charge in [-0.3, -0.25) is 4.90 Å². The van der Waals surface area contributed by atoms with Gasteiger partial charge in [0.15, 0.2) is 5.96 Å². The zero-order valence-electron chi connectivity index (χ0n) is 16.5. The number of hydrogen-bond donors (Lipinski definition) is 2. The van der Waals surface area contributed by atoms with Crippen molar-refractivity contribution in [2.45, 2.75) is 44.7 Å². The topological polar surface area (TPSA) is 72.1 Å². The predicted molar refractivity (Wildman–Crippen MR) is 109 cm³/mol. The quantitative estimate of drug-likeness (QED) is 0.513. The molecule has 1 heterocycles. The molecule has 0 atom stereocenters. The first-order chi connectivity index (χ1) is 13.2. The third-order valence-electron chi connectivity index (χ3n) is 5.65. The van der Waals surface area contributed by atoms with Gasteiger partial charge >= 0.3 is 0 Å². The molecule has 1 aromatic carbocycles. The van der Waals surface area contributed by atoms with E-state index >= 15 is 0 Å². The highest BCUT2D eigenvalue weighted by molar-refractivity contribution is 5.77. The van der Waals surface area contributed by atoms with E-state index in [4.69, 9.17) is 15.2 Å². The summed E-state index contributed by atoms with van der Waals surface area (Å²) in [6, 6.07) is 8.74. The van der Waals surface area contributed by atoms with Gasteiger partial charge in [-0.05, 0) is 56.3 Å². The van der Waals surface area contributed by atoms with Gasteiger partial charge in [-0.2, -0.15) is 0 Å². The van der Waals surface area contributed by atoms with Gasteiger partial charge < -0.3 is 20.5 Å². The Balaban J connectivity index is 1.38. The minimum Gasteiger partial charge on any atom is -0.492 e. The Hall–Kier alpha value is -1.79. The van der Waals surface area contributed by atoms with Crippen LogP contribution in [-0.4, -0.2) is 56.9 Å². The summed E-state index contributed by atoms with van der Waals surface area (Å²) in [5.74, 6) is 2.20. The monoisotopic (exact) mass is 374 g/mol. The van der Waals surface area contributed by atoms with Crippen molar-refractivity contribution in [3.05, 3.63) is 29.8 Å². The fraction of sp³-hybridized carbons (Fsp3) is 0.667. The molecule has 0 spiro atoms. The molecule has 2 fully saturated rings. The molecule has 1 aliphatic heterocycles. The molecule has 0 bridgehead atoms. The number of benzene rings is 1. The predicted octanol–water partition coefficient (Wildman–Crippen LogP) is 2.38. The van der Waals surface area contributed by atoms with E-state index in [0.717, 1.165) is 56.4 Å². The van der Waals surface area contributed by atoms with E-state index in [9.17, 15) is 0 Å². The summed E-state index contributed by atoms with van der Waals surface area (Å²) < 4.78 is 11.4. The van der Waals surface area contributed by atoms with E-state index in [0.29, 0.717) is 25.2 Å². The van der Waals surface area contributed by atoms with Crippen molar-refractivity contribution < 1.29 is 9.47 Å². The fourth-order valence-electron chi connectivity index (χ4n) is 3.53. The summed E-state index contributed by atoms with van der Waals surface area (Å²) in [7, 11) is 2.17. The maximum absolute atomic E-state index is 5.96. The van der Waals surface area contributed by atoms with Crippen LogP contribution in [0, 0.1) is 5.92 Å². The standard InChI is InChI=1S/C21H34N4O2/c1-25(19-8-11-26-12-9-19)10-13-27-20-7-3-6-18(14-20)16-24-21(22)23-15-17-4-2-5-17/h3,6-7,14,17,19H,2,4-5,8-13,15-16H2,1H3,(H3,22,23,24). The summed E-state index contributed by atoms with van der Waals surface area (Å²) in [4.78, 5) is 6.82. The lowest BCUT2D eigenvalue weighted by Crippen LogP contribution is -2.38. The van der Waals surface area contributed by atoms with Crippen LogP contribution in [0.1, 0.15) is 37.7 Å². The van der Waals surface area contributed by atoms with Gasteiger partial charge in [0.1, 0.15) is 12.4 Å². The van der Waals surface area contributed by atoms with Gasteiger partial charge in [-0.15, -0.1) is 0 Å². The second-order valence-electron chi connectivity index (χ2n) is 7.70. The number of guanidine groups is 1. The van der Waals surface area contributed by atoms with Crippen LogP contribution in [0.4, 0.5) is 0 Å². The van der Waals surface area contributed by atoms with E-state index in [1.54, 1.807) is 0 Å². The molecule has 1 aliphatic carbocycles. The van der Waals surface area contributed by atoms with Gasteiger partial charge in [0.2, 0.25) is 0 Å². The Morgan fingerprint density at radius 1 is 1.30 bits per heavy atom. The zero-order chi connectivity index (χ0) is 18.9. The SMILES string of the molecule is CN(CCOc1cccc(CN=C(N)NCC2CCC2)c1)C1CCOCC1. The maximum Gasteiger partial charge on any atom is 0.188 e. The Morgan fingerprint density at radius 2 is 2.11 bits per heavy atom. The van der Waals surface area contributed by atoms with Crippen LogP contribution >= 0.6 is 0 Å². The molecule has 2 aliphatic rings. The molecular weight excluding hydrogens is 340 g/mol. The number of hydrogen-bond acceptors (Lipinski definition) is 4. The van der Waals surface area contributed by atoms with Gasteiger partial charge in [-0.25, -0.2) is 4.99 Å². The molecule has 6 heteroatoms. The summed E-state index contributed by atoms with van der Waals surface area (Å²) >= 11 is 0. The highest BCUT2D eigenvalue weighted by Gasteiger charge is 2.18. The van der Waals surface area contributed by atoms with Gasteiger partial charge in [-0.1, -0.05) is 18.6 Å². The first-order valence-corrected chi connectivity index (χ1v) is 10.2. The Labute approximate surface area is 163 Å². The van der Waals surface area contributed by atoms with E-state index in [1.165, 1.54) is 19.3 Å². The highest BCUT2D eigenvalue weighted by Crippen LogP contribution is 2.25. The molecular formula is C21H34N4O2. The minimum absolute atomic E-state index is 0.534. The van der Waals surface area contributed by atoms with Crippen LogP contribution in [0.15, 0.2) is 29.3 Å². The Bertz CT molecular complexity index is 598. The third kappa shape index (κ3) is 6.70. The molecule has 3 rings (SSSR count). The van der Waals surface area contributed by atoms with E-state index < -0.39 is 0 Å². The number of nitrogens with one attached hydrogen (secondary N) is 1. The molecule has 3 N–H and O–H groups in total. The van der Waals surface area contributed by atoms with Crippen LogP contribution in [-0.2, 0) is 11.3 Å². The van der Waals surface area contributed by atoms with Crippen LogP contribution in [0.25, 0.3) is 0 Å². The lowest BCUT2D eigenvalue weighted by atomic mass is 9.85. The lowest BCUT2D eigenvalue weighted by Gasteiger charge is -2.31. The molecule has 0 amide bonds. The summed E-state index contributed by atoms with van der Waals surface area (Å²) in [6.45, 7) is 4.87. The molecule has 6 nitrogen and oxygen atoms in total.